The molecule has 2 aromatic rings. The van der Waals surface area contributed by atoms with Gasteiger partial charge in [0, 0.05) is 12.1 Å². The molecule has 0 bridgehead atoms. The molecule has 1 aromatic carbocycles. The van der Waals surface area contributed by atoms with Crippen LogP contribution in [0.5, 0.6) is 0 Å². The Hall–Kier alpha value is -1.63. The van der Waals surface area contributed by atoms with Crippen molar-refractivity contribution in [3.05, 3.63) is 42.5 Å². The van der Waals surface area contributed by atoms with Crippen LogP contribution in [-0.2, 0) is 0 Å². The number of benzene rings is 1. The number of carbonyl (C=O) groups is 1. The van der Waals surface area contributed by atoms with Gasteiger partial charge in [0.05, 0.1) is 11.2 Å². The molecule has 6 nitrogen and oxygen atoms in total. The zero-order valence-corrected chi connectivity index (χ0v) is 15.0. The smallest absolute Gasteiger partial charge is 0.251 e. The highest BCUT2D eigenvalue weighted by Gasteiger charge is 2.28. The first-order valence-electron chi connectivity index (χ1n) is 6.94. The maximum atomic E-state index is 12.4. The predicted octanol–water partition coefficient (Wildman–Crippen LogP) is 2.21. The standard InChI is InChI=1S/C15H21N5O.2ClH/c1-11(2)15(3,8-16)19-14(21)12-5-4-6-13(7-12)20-10-17-9-18-20;;/h4-7,9-11H,8,16H2,1-3H3,(H,19,21);2*1H. The number of halogens is 2. The number of hydrogen-bond acceptors (Lipinski definition) is 4. The van der Waals surface area contributed by atoms with Crippen LogP contribution in [0, 0.1) is 5.92 Å². The van der Waals surface area contributed by atoms with Crippen LogP contribution in [0.4, 0.5) is 0 Å². The van der Waals surface area contributed by atoms with Crippen molar-refractivity contribution in [1.29, 1.82) is 0 Å². The molecule has 0 radical (unpaired) electrons. The van der Waals surface area contributed by atoms with E-state index in [4.69, 9.17) is 5.73 Å². The molecule has 0 saturated carbocycles. The fourth-order valence-corrected chi connectivity index (χ4v) is 1.89. The van der Waals surface area contributed by atoms with Crippen LogP contribution >= 0.6 is 24.8 Å². The molecule has 1 heterocycles. The highest BCUT2D eigenvalue weighted by atomic mass is 35.5. The molecule has 1 aromatic heterocycles. The van der Waals surface area contributed by atoms with E-state index in [0.717, 1.165) is 5.69 Å². The Balaban J connectivity index is 0.00000242. The molecule has 8 heteroatoms. The molecular formula is C15H23Cl2N5O. The summed E-state index contributed by atoms with van der Waals surface area (Å²) in [4.78, 5) is 16.3. The van der Waals surface area contributed by atoms with Crippen LogP contribution < -0.4 is 11.1 Å². The van der Waals surface area contributed by atoms with Crippen molar-refractivity contribution >= 4 is 30.7 Å². The van der Waals surface area contributed by atoms with Crippen LogP contribution in [0.15, 0.2) is 36.9 Å². The summed E-state index contributed by atoms with van der Waals surface area (Å²) in [5.41, 5.74) is 6.74. The normalized spacial score (nSPS) is 12.7. The third-order valence-corrected chi connectivity index (χ3v) is 3.89. The number of nitrogens with one attached hydrogen (secondary N) is 1. The van der Waals surface area contributed by atoms with Gasteiger partial charge in [-0.2, -0.15) is 5.10 Å². The maximum absolute atomic E-state index is 12.4. The number of nitrogens with zero attached hydrogens (tertiary/aromatic N) is 3. The molecule has 128 valence electrons. The topological polar surface area (TPSA) is 85.8 Å². The Kier molecular flexibility index (Phi) is 8.23. The molecule has 0 fully saturated rings. The van der Waals surface area contributed by atoms with Gasteiger partial charge in [-0.25, -0.2) is 9.67 Å². The van der Waals surface area contributed by atoms with E-state index in [0.29, 0.717) is 12.1 Å². The molecule has 23 heavy (non-hydrogen) atoms. The average Bonchev–Trinajstić information content (AvgIpc) is 3.01. The van der Waals surface area contributed by atoms with Crippen LogP contribution in [0.2, 0.25) is 0 Å². The Morgan fingerprint density at radius 2 is 2.09 bits per heavy atom. The molecule has 0 saturated heterocycles. The lowest BCUT2D eigenvalue weighted by Gasteiger charge is -2.33. The number of amides is 1. The molecule has 0 aliphatic carbocycles. The second kappa shape index (κ2) is 8.86. The van der Waals surface area contributed by atoms with Crippen molar-refractivity contribution in [2.24, 2.45) is 11.7 Å². The Morgan fingerprint density at radius 3 is 2.61 bits per heavy atom. The van der Waals surface area contributed by atoms with Crippen molar-refractivity contribution in [2.45, 2.75) is 26.3 Å². The summed E-state index contributed by atoms with van der Waals surface area (Å²) in [6, 6.07) is 7.24. The van der Waals surface area contributed by atoms with Gasteiger partial charge in [0.1, 0.15) is 12.7 Å². The van der Waals surface area contributed by atoms with Gasteiger partial charge < -0.3 is 11.1 Å². The van der Waals surface area contributed by atoms with Crippen LogP contribution in [-0.4, -0.2) is 32.8 Å². The van der Waals surface area contributed by atoms with E-state index in [9.17, 15) is 4.79 Å². The third-order valence-electron chi connectivity index (χ3n) is 3.89. The number of aromatic nitrogens is 3. The van der Waals surface area contributed by atoms with Crippen LogP contribution in [0.3, 0.4) is 0 Å². The van der Waals surface area contributed by atoms with Gasteiger partial charge in [-0.1, -0.05) is 19.9 Å². The molecule has 0 aliphatic rings. The first-order chi connectivity index (χ1) is 9.96. The summed E-state index contributed by atoms with van der Waals surface area (Å²) in [5.74, 6) is 0.101. The van der Waals surface area contributed by atoms with Crippen LogP contribution in [0.1, 0.15) is 31.1 Å². The minimum atomic E-state index is -0.430. The number of hydrogen-bond donors (Lipinski definition) is 2. The fourth-order valence-electron chi connectivity index (χ4n) is 1.89. The highest BCUT2D eigenvalue weighted by Crippen LogP contribution is 2.16. The Morgan fingerprint density at radius 1 is 1.39 bits per heavy atom. The molecule has 0 spiro atoms. The van der Waals surface area contributed by atoms with E-state index in [-0.39, 0.29) is 36.6 Å². The Labute approximate surface area is 148 Å². The fraction of sp³-hybridized carbons (Fsp3) is 0.400. The van der Waals surface area contributed by atoms with Crippen molar-refractivity contribution in [2.75, 3.05) is 6.54 Å². The quantitative estimate of drug-likeness (QED) is 0.856. The molecular weight excluding hydrogens is 337 g/mol. The molecule has 0 aliphatic heterocycles. The van der Waals surface area contributed by atoms with Gasteiger partial charge in [0.15, 0.2) is 0 Å². The van der Waals surface area contributed by atoms with Gasteiger partial charge in [-0.05, 0) is 31.0 Å². The lowest BCUT2D eigenvalue weighted by Crippen LogP contribution is -2.55. The molecule has 3 N–H and O–H groups in total. The SMILES string of the molecule is CC(C)C(C)(CN)NC(=O)c1cccc(-n2cncn2)c1.Cl.Cl. The Bertz CT molecular complexity index is 618. The second-order valence-electron chi connectivity index (χ2n) is 5.62. The third kappa shape index (κ3) is 4.92. The summed E-state index contributed by atoms with van der Waals surface area (Å²) >= 11 is 0. The molecule has 2 rings (SSSR count). The van der Waals surface area contributed by atoms with Gasteiger partial charge >= 0.3 is 0 Å². The monoisotopic (exact) mass is 359 g/mol. The van der Waals surface area contributed by atoms with Crippen molar-refractivity contribution in [1.82, 2.24) is 20.1 Å². The summed E-state index contributed by atoms with van der Waals surface area (Å²) in [5, 5.41) is 7.08. The summed E-state index contributed by atoms with van der Waals surface area (Å²) in [7, 11) is 0. The zero-order chi connectivity index (χ0) is 15.5. The zero-order valence-electron chi connectivity index (χ0n) is 13.4. The lowest BCUT2D eigenvalue weighted by atomic mass is 9.88. The van der Waals surface area contributed by atoms with E-state index in [2.05, 4.69) is 15.4 Å². The number of nitrogens with two attached hydrogens (primary N) is 1. The first-order valence-corrected chi connectivity index (χ1v) is 6.94. The number of carbonyl (C=O) groups excluding carboxylic acids is 1. The average molecular weight is 360 g/mol. The molecule has 1 unspecified atom stereocenters. The minimum absolute atomic E-state index is 0. The van der Waals surface area contributed by atoms with Crippen molar-refractivity contribution < 1.29 is 4.79 Å². The first kappa shape index (κ1) is 21.4. The predicted molar refractivity (Wildman–Crippen MR) is 95.6 cm³/mol. The maximum Gasteiger partial charge on any atom is 0.251 e. The summed E-state index contributed by atoms with van der Waals surface area (Å²) in [6.45, 7) is 6.42. The summed E-state index contributed by atoms with van der Waals surface area (Å²) < 4.78 is 1.61. The van der Waals surface area contributed by atoms with Gasteiger partial charge in [-0.3, -0.25) is 4.79 Å². The van der Waals surface area contributed by atoms with E-state index in [1.807, 2.05) is 32.9 Å². The van der Waals surface area contributed by atoms with E-state index < -0.39 is 5.54 Å². The van der Waals surface area contributed by atoms with Gasteiger partial charge in [-0.15, -0.1) is 24.8 Å². The van der Waals surface area contributed by atoms with E-state index >= 15 is 0 Å². The van der Waals surface area contributed by atoms with E-state index in [1.54, 1.807) is 23.1 Å². The van der Waals surface area contributed by atoms with E-state index in [1.165, 1.54) is 6.33 Å². The summed E-state index contributed by atoms with van der Waals surface area (Å²) in [6.07, 6.45) is 3.05. The van der Waals surface area contributed by atoms with Gasteiger partial charge in [0.2, 0.25) is 0 Å². The largest absolute Gasteiger partial charge is 0.345 e. The van der Waals surface area contributed by atoms with Crippen molar-refractivity contribution in [3.8, 4) is 5.69 Å². The van der Waals surface area contributed by atoms with Crippen LogP contribution in [0.25, 0.3) is 5.69 Å². The highest BCUT2D eigenvalue weighted by molar-refractivity contribution is 5.95. The lowest BCUT2D eigenvalue weighted by molar-refractivity contribution is 0.0883. The second-order valence-corrected chi connectivity index (χ2v) is 5.62. The van der Waals surface area contributed by atoms with Crippen molar-refractivity contribution in [3.63, 3.8) is 0 Å². The van der Waals surface area contributed by atoms with Gasteiger partial charge in [0.25, 0.3) is 5.91 Å². The number of rotatable bonds is 5. The molecule has 1 amide bonds. The molecule has 1 atom stereocenters. The minimum Gasteiger partial charge on any atom is -0.345 e.